The maximum absolute atomic E-state index is 5.65. The molecule has 0 aliphatic heterocycles. The first-order valence-electron chi connectivity index (χ1n) is 5.51. The molecule has 0 bridgehead atoms. The van der Waals surface area contributed by atoms with Crippen LogP contribution in [0.15, 0.2) is 43.0 Å². The Balaban J connectivity index is 2.24. The van der Waals surface area contributed by atoms with Crippen molar-refractivity contribution in [1.29, 1.82) is 0 Å². The first kappa shape index (κ1) is 13.5. The minimum Gasteiger partial charge on any atom is -0.377 e. The maximum Gasteiger partial charge on any atom is 0.0716 e. The summed E-state index contributed by atoms with van der Waals surface area (Å²) in [6.07, 6.45) is 2.99. The number of rotatable bonds is 7. The standard InChI is InChI=1S/C14H19BrO/c1-3-14(2,12-15)9-10-16-11-13-7-5-4-6-8-13/h3-8H,1,9-12H2,2H3. The Kier molecular flexibility index (Phi) is 5.78. The van der Waals surface area contributed by atoms with Crippen LogP contribution in [0.25, 0.3) is 0 Å². The first-order valence-corrected chi connectivity index (χ1v) is 6.63. The minimum absolute atomic E-state index is 0.136. The molecular formula is C14H19BrO. The zero-order chi connectivity index (χ0) is 11.9. The summed E-state index contributed by atoms with van der Waals surface area (Å²) in [7, 11) is 0. The molecule has 0 heterocycles. The molecule has 88 valence electrons. The van der Waals surface area contributed by atoms with Gasteiger partial charge in [0.1, 0.15) is 0 Å². The van der Waals surface area contributed by atoms with Gasteiger partial charge in [-0.05, 0) is 17.4 Å². The van der Waals surface area contributed by atoms with Gasteiger partial charge in [0.05, 0.1) is 6.61 Å². The molecule has 0 fully saturated rings. The van der Waals surface area contributed by atoms with Gasteiger partial charge in [-0.3, -0.25) is 0 Å². The second kappa shape index (κ2) is 6.87. The summed E-state index contributed by atoms with van der Waals surface area (Å²) in [5, 5.41) is 0.929. The van der Waals surface area contributed by atoms with Crippen molar-refractivity contribution >= 4 is 15.9 Å². The maximum atomic E-state index is 5.65. The van der Waals surface area contributed by atoms with E-state index < -0.39 is 0 Å². The largest absolute Gasteiger partial charge is 0.377 e. The molecule has 0 N–H and O–H groups in total. The highest BCUT2D eigenvalue weighted by molar-refractivity contribution is 9.09. The number of halogens is 1. The van der Waals surface area contributed by atoms with Crippen LogP contribution in [0.2, 0.25) is 0 Å². The number of ether oxygens (including phenoxy) is 1. The van der Waals surface area contributed by atoms with E-state index in [4.69, 9.17) is 4.74 Å². The minimum atomic E-state index is 0.136. The van der Waals surface area contributed by atoms with Crippen molar-refractivity contribution in [3.8, 4) is 0 Å². The van der Waals surface area contributed by atoms with Crippen LogP contribution in [0.4, 0.5) is 0 Å². The van der Waals surface area contributed by atoms with Crippen LogP contribution in [-0.4, -0.2) is 11.9 Å². The Morgan fingerprint density at radius 1 is 1.38 bits per heavy atom. The molecule has 0 aromatic heterocycles. The molecule has 0 spiro atoms. The third kappa shape index (κ3) is 4.50. The summed E-state index contributed by atoms with van der Waals surface area (Å²) in [6, 6.07) is 10.2. The highest BCUT2D eigenvalue weighted by Gasteiger charge is 2.17. The summed E-state index contributed by atoms with van der Waals surface area (Å²) in [5.74, 6) is 0. The zero-order valence-electron chi connectivity index (χ0n) is 9.79. The summed E-state index contributed by atoms with van der Waals surface area (Å²) in [4.78, 5) is 0. The second-order valence-corrected chi connectivity index (χ2v) is 4.84. The van der Waals surface area contributed by atoms with E-state index in [1.165, 1.54) is 5.56 Å². The van der Waals surface area contributed by atoms with Crippen molar-refractivity contribution in [2.75, 3.05) is 11.9 Å². The van der Waals surface area contributed by atoms with Gasteiger partial charge < -0.3 is 4.74 Å². The lowest BCUT2D eigenvalue weighted by atomic mass is 9.90. The molecule has 0 aliphatic rings. The fourth-order valence-electron chi connectivity index (χ4n) is 1.29. The summed E-state index contributed by atoms with van der Waals surface area (Å²) in [6.45, 7) is 7.49. The molecule has 1 aromatic rings. The molecule has 0 aliphatic carbocycles. The van der Waals surface area contributed by atoms with Crippen LogP contribution in [0, 0.1) is 5.41 Å². The SMILES string of the molecule is C=CC(C)(CBr)CCOCc1ccccc1. The lowest BCUT2D eigenvalue weighted by Crippen LogP contribution is -2.17. The fraction of sp³-hybridized carbons (Fsp3) is 0.429. The normalized spacial score (nSPS) is 14.4. The van der Waals surface area contributed by atoms with Crippen molar-refractivity contribution in [2.24, 2.45) is 5.41 Å². The van der Waals surface area contributed by atoms with Crippen LogP contribution in [0.1, 0.15) is 18.9 Å². The van der Waals surface area contributed by atoms with Gasteiger partial charge in [-0.15, -0.1) is 6.58 Å². The lowest BCUT2D eigenvalue weighted by molar-refractivity contribution is 0.102. The van der Waals surface area contributed by atoms with E-state index in [-0.39, 0.29) is 5.41 Å². The van der Waals surface area contributed by atoms with E-state index in [2.05, 4.69) is 41.6 Å². The van der Waals surface area contributed by atoms with Gasteiger partial charge in [0.2, 0.25) is 0 Å². The molecule has 1 atom stereocenters. The summed E-state index contributed by atoms with van der Waals surface area (Å²) >= 11 is 3.50. The van der Waals surface area contributed by atoms with E-state index in [1.807, 2.05) is 24.3 Å². The quantitative estimate of drug-likeness (QED) is 0.414. The van der Waals surface area contributed by atoms with Gasteiger partial charge in [-0.2, -0.15) is 0 Å². The van der Waals surface area contributed by atoms with E-state index in [9.17, 15) is 0 Å². The van der Waals surface area contributed by atoms with Crippen molar-refractivity contribution in [2.45, 2.75) is 20.0 Å². The van der Waals surface area contributed by atoms with E-state index >= 15 is 0 Å². The monoisotopic (exact) mass is 282 g/mol. The lowest BCUT2D eigenvalue weighted by Gasteiger charge is -2.22. The Morgan fingerprint density at radius 3 is 2.62 bits per heavy atom. The van der Waals surface area contributed by atoms with E-state index in [1.54, 1.807) is 0 Å². The van der Waals surface area contributed by atoms with Gasteiger partial charge in [0.15, 0.2) is 0 Å². The summed E-state index contributed by atoms with van der Waals surface area (Å²) < 4.78 is 5.65. The molecule has 0 amide bonds. The molecule has 16 heavy (non-hydrogen) atoms. The van der Waals surface area contributed by atoms with Crippen molar-refractivity contribution in [3.05, 3.63) is 48.6 Å². The molecule has 2 heteroatoms. The molecule has 1 aromatic carbocycles. The van der Waals surface area contributed by atoms with Crippen LogP contribution < -0.4 is 0 Å². The number of allylic oxidation sites excluding steroid dienone is 1. The van der Waals surface area contributed by atoms with Crippen LogP contribution >= 0.6 is 15.9 Å². The number of hydrogen-bond acceptors (Lipinski definition) is 1. The third-order valence-corrected chi connectivity index (χ3v) is 4.01. The number of hydrogen-bond donors (Lipinski definition) is 0. The van der Waals surface area contributed by atoms with Crippen molar-refractivity contribution in [3.63, 3.8) is 0 Å². The molecule has 1 nitrogen and oxygen atoms in total. The van der Waals surface area contributed by atoms with Crippen molar-refractivity contribution in [1.82, 2.24) is 0 Å². The van der Waals surface area contributed by atoms with E-state index in [0.29, 0.717) is 6.61 Å². The van der Waals surface area contributed by atoms with Gasteiger partial charge in [-0.1, -0.05) is 59.3 Å². The van der Waals surface area contributed by atoms with Gasteiger partial charge >= 0.3 is 0 Å². The Bertz CT molecular complexity index is 310. The van der Waals surface area contributed by atoms with Gasteiger partial charge in [0.25, 0.3) is 0 Å². The van der Waals surface area contributed by atoms with Crippen LogP contribution in [-0.2, 0) is 11.3 Å². The van der Waals surface area contributed by atoms with Gasteiger partial charge in [0, 0.05) is 11.9 Å². The highest BCUT2D eigenvalue weighted by Crippen LogP contribution is 2.25. The Morgan fingerprint density at radius 2 is 2.06 bits per heavy atom. The molecular weight excluding hydrogens is 264 g/mol. The van der Waals surface area contributed by atoms with Crippen LogP contribution in [0.5, 0.6) is 0 Å². The topological polar surface area (TPSA) is 9.23 Å². The van der Waals surface area contributed by atoms with E-state index in [0.717, 1.165) is 18.4 Å². The van der Waals surface area contributed by atoms with Crippen LogP contribution in [0.3, 0.4) is 0 Å². The average Bonchev–Trinajstić information content (AvgIpc) is 2.36. The fourth-order valence-corrected chi connectivity index (χ4v) is 1.80. The molecule has 1 unspecified atom stereocenters. The zero-order valence-corrected chi connectivity index (χ0v) is 11.4. The Labute approximate surface area is 107 Å². The van der Waals surface area contributed by atoms with Gasteiger partial charge in [-0.25, -0.2) is 0 Å². The smallest absolute Gasteiger partial charge is 0.0716 e. The molecule has 0 radical (unpaired) electrons. The summed E-state index contributed by atoms with van der Waals surface area (Å²) in [5.41, 5.74) is 1.36. The first-order chi connectivity index (χ1) is 7.70. The third-order valence-electron chi connectivity index (χ3n) is 2.73. The molecule has 0 saturated carbocycles. The van der Waals surface area contributed by atoms with Crippen molar-refractivity contribution < 1.29 is 4.74 Å². The predicted molar refractivity (Wildman–Crippen MR) is 72.8 cm³/mol. The average molecular weight is 283 g/mol. The second-order valence-electron chi connectivity index (χ2n) is 4.28. The Hall–Kier alpha value is -0.600. The highest BCUT2D eigenvalue weighted by atomic mass is 79.9. The number of benzene rings is 1. The molecule has 1 rings (SSSR count). The predicted octanol–water partition coefficient (Wildman–Crippen LogP) is 4.18. The number of alkyl halides is 1. The molecule has 0 saturated heterocycles.